The van der Waals surface area contributed by atoms with Gasteiger partial charge in [-0.05, 0) is 17.7 Å². The molecule has 0 aliphatic heterocycles. The van der Waals surface area contributed by atoms with E-state index in [9.17, 15) is 13.2 Å². The van der Waals surface area contributed by atoms with E-state index in [1.165, 1.54) is 24.3 Å². The molecule has 98 valence electrons. The first-order chi connectivity index (χ1) is 8.21. The van der Waals surface area contributed by atoms with E-state index < -0.39 is 28.2 Å². The molecule has 1 aromatic rings. The van der Waals surface area contributed by atoms with Crippen molar-refractivity contribution in [1.82, 2.24) is 0 Å². The van der Waals surface area contributed by atoms with Crippen LogP contribution in [0, 0.1) is 0 Å². The van der Waals surface area contributed by atoms with Crippen LogP contribution in [0.15, 0.2) is 30.1 Å². The molecule has 0 bridgehead atoms. The second kappa shape index (κ2) is 4.28. The molecule has 4 N–H and O–H groups in total. The average Bonchev–Trinajstić information content (AvgIpc) is 2.16. The fourth-order valence-electron chi connectivity index (χ4n) is 2.08. The van der Waals surface area contributed by atoms with Crippen LogP contribution in [0.3, 0.4) is 0 Å². The van der Waals surface area contributed by atoms with Gasteiger partial charge in [0.05, 0.1) is 10.0 Å². The van der Waals surface area contributed by atoms with Crippen LogP contribution >= 0.6 is 15.9 Å². The van der Waals surface area contributed by atoms with Gasteiger partial charge >= 0.3 is 0 Å². The molecule has 0 radical (unpaired) electrons. The van der Waals surface area contributed by atoms with E-state index in [-0.39, 0.29) is 12.0 Å². The Morgan fingerprint density at radius 3 is 2.22 bits per heavy atom. The van der Waals surface area contributed by atoms with E-state index in [0.717, 1.165) is 0 Å². The zero-order valence-electron chi connectivity index (χ0n) is 9.39. The van der Waals surface area contributed by atoms with Gasteiger partial charge in [-0.15, -0.1) is 0 Å². The van der Waals surface area contributed by atoms with Gasteiger partial charge in [0, 0.05) is 18.5 Å². The second-order valence-electron chi connectivity index (χ2n) is 4.49. The number of anilines is 1. The molecule has 1 aliphatic rings. The number of hydrogen-bond donors (Lipinski definition) is 2. The van der Waals surface area contributed by atoms with Gasteiger partial charge in [0.25, 0.3) is 5.92 Å². The molecule has 1 atom stereocenters. The van der Waals surface area contributed by atoms with Crippen molar-refractivity contribution in [3.8, 4) is 0 Å². The second-order valence-corrected chi connectivity index (χ2v) is 6.07. The molecule has 0 amide bonds. The summed E-state index contributed by atoms with van der Waals surface area (Å²) in [6.07, 6.45) is -0.907. The van der Waals surface area contributed by atoms with Gasteiger partial charge in [0.15, 0.2) is 0 Å². The number of alkyl halides is 3. The largest absolute Gasteiger partial charge is 0.399 e. The number of hydrogen-bond acceptors (Lipinski definition) is 2. The lowest BCUT2D eigenvalue weighted by Gasteiger charge is -2.34. The molecule has 1 aliphatic carbocycles. The summed E-state index contributed by atoms with van der Waals surface area (Å²) in [6.45, 7) is 0. The van der Waals surface area contributed by atoms with Gasteiger partial charge in [-0.25, -0.2) is 13.2 Å². The first-order valence-electron chi connectivity index (χ1n) is 5.32. The molecule has 0 heterocycles. The Hall–Kier alpha value is -1.01. The number of rotatable bonds is 1. The van der Waals surface area contributed by atoms with Gasteiger partial charge in [-0.1, -0.05) is 28.1 Å². The van der Waals surface area contributed by atoms with Crippen LogP contribution in [-0.4, -0.2) is 10.4 Å². The van der Waals surface area contributed by atoms with Crippen LogP contribution < -0.4 is 11.5 Å². The number of allylic oxidation sites excluding steroid dienone is 1. The highest BCUT2D eigenvalue weighted by atomic mass is 79.9. The summed E-state index contributed by atoms with van der Waals surface area (Å²) in [5.41, 5.74) is 11.0. The number of nitrogens with two attached hydrogens (primary N) is 2. The lowest BCUT2D eigenvalue weighted by molar-refractivity contribution is 0.0369. The average molecular weight is 321 g/mol. The molecular formula is C12H12BrF3N2. The molecule has 0 fully saturated rings. The van der Waals surface area contributed by atoms with Crippen LogP contribution in [0.2, 0.25) is 0 Å². The minimum Gasteiger partial charge on any atom is -0.399 e. The van der Waals surface area contributed by atoms with Crippen molar-refractivity contribution in [2.45, 2.75) is 23.2 Å². The molecule has 0 aromatic heterocycles. The molecule has 2 rings (SSSR count). The Morgan fingerprint density at radius 2 is 1.72 bits per heavy atom. The van der Waals surface area contributed by atoms with Gasteiger partial charge in [0.2, 0.25) is 0 Å². The quantitative estimate of drug-likeness (QED) is 0.473. The highest BCUT2D eigenvalue weighted by Gasteiger charge is 2.48. The van der Waals surface area contributed by atoms with E-state index in [4.69, 9.17) is 11.5 Å². The standard InChI is InChI=1S/C12H12BrF3N2/c13-11(18)5-9(14)10(12(15,16)6-11)7-1-3-8(17)4-2-7/h1-4H,5-6,17-18H2. The van der Waals surface area contributed by atoms with E-state index in [1.807, 2.05) is 0 Å². The van der Waals surface area contributed by atoms with Crippen LogP contribution in [0.4, 0.5) is 18.9 Å². The maximum atomic E-state index is 14.0. The molecule has 0 saturated carbocycles. The van der Waals surface area contributed by atoms with Crippen molar-refractivity contribution in [3.63, 3.8) is 0 Å². The van der Waals surface area contributed by atoms with Gasteiger partial charge in [-0.2, -0.15) is 0 Å². The number of nitrogen functional groups attached to an aromatic ring is 1. The van der Waals surface area contributed by atoms with E-state index >= 15 is 0 Å². The number of halogens is 4. The molecular weight excluding hydrogens is 309 g/mol. The first-order valence-corrected chi connectivity index (χ1v) is 6.11. The third-order valence-electron chi connectivity index (χ3n) is 2.80. The summed E-state index contributed by atoms with van der Waals surface area (Å²) < 4.78 is 40.4. The van der Waals surface area contributed by atoms with E-state index in [0.29, 0.717) is 5.69 Å². The van der Waals surface area contributed by atoms with Crippen LogP contribution in [-0.2, 0) is 0 Å². The summed E-state index contributed by atoms with van der Waals surface area (Å²) in [5.74, 6) is -4.20. The predicted octanol–water partition coefficient (Wildman–Crippen LogP) is 3.43. The lowest BCUT2D eigenvalue weighted by atomic mass is 9.86. The van der Waals surface area contributed by atoms with Gasteiger partial charge in [0.1, 0.15) is 5.83 Å². The summed E-state index contributed by atoms with van der Waals surface area (Å²) in [5, 5.41) is 0. The number of benzene rings is 1. The zero-order chi connectivity index (χ0) is 13.6. The SMILES string of the molecule is Nc1ccc(C2=C(F)CC(N)(Br)CC2(F)F)cc1. The first kappa shape index (κ1) is 13.4. The monoisotopic (exact) mass is 320 g/mol. The lowest BCUT2D eigenvalue weighted by Crippen LogP contribution is -2.43. The molecule has 1 unspecified atom stereocenters. The Balaban J connectivity index is 2.51. The van der Waals surface area contributed by atoms with Gasteiger partial charge in [-0.3, -0.25) is 0 Å². The van der Waals surface area contributed by atoms with Crippen LogP contribution in [0.5, 0.6) is 0 Å². The Kier molecular flexibility index (Phi) is 3.19. The normalized spacial score (nSPS) is 27.4. The summed E-state index contributed by atoms with van der Waals surface area (Å²) in [4.78, 5) is 0. The highest BCUT2D eigenvalue weighted by Crippen LogP contribution is 2.49. The smallest absolute Gasteiger partial charge is 0.278 e. The summed E-state index contributed by atoms with van der Waals surface area (Å²) in [7, 11) is 0. The van der Waals surface area contributed by atoms with Crippen molar-refractivity contribution in [2.24, 2.45) is 5.73 Å². The summed E-state index contributed by atoms with van der Waals surface area (Å²) in [6, 6.07) is 5.69. The molecule has 1 aromatic carbocycles. The highest BCUT2D eigenvalue weighted by molar-refractivity contribution is 9.10. The van der Waals surface area contributed by atoms with Crippen molar-refractivity contribution in [3.05, 3.63) is 35.7 Å². The third-order valence-corrected chi connectivity index (χ3v) is 3.36. The van der Waals surface area contributed by atoms with Gasteiger partial charge < -0.3 is 11.5 Å². The van der Waals surface area contributed by atoms with Crippen molar-refractivity contribution >= 4 is 27.2 Å². The maximum absolute atomic E-state index is 14.0. The topological polar surface area (TPSA) is 52.0 Å². The Bertz CT molecular complexity index is 495. The Morgan fingerprint density at radius 1 is 1.17 bits per heavy atom. The van der Waals surface area contributed by atoms with Crippen molar-refractivity contribution < 1.29 is 13.2 Å². The Labute approximate surface area is 111 Å². The maximum Gasteiger partial charge on any atom is 0.278 e. The van der Waals surface area contributed by atoms with Crippen LogP contribution in [0.25, 0.3) is 5.57 Å². The van der Waals surface area contributed by atoms with Crippen molar-refractivity contribution in [1.29, 1.82) is 0 Å². The third kappa shape index (κ3) is 2.54. The molecule has 0 saturated heterocycles. The molecule has 18 heavy (non-hydrogen) atoms. The fraction of sp³-hybridized carbons (Fsp3) is 0.333. The minimum absolute atomic E-state index is 0.134. The van der Waals surface area contributed by atoms with Crippen molar-refractivity contribution in [2.75, 3.05) is 5.73 Å². The molecule has 0 spiro atoms. The minimum atomic E-state index is -3.31. The predicted molar refractivity (Wildman–Crippen MR) is 68.9 cm³/mol. The fourth-order valence-corrected chi connectivity index (χ4v) is 2.68. The molecule has 2 nitrogen and oxygen atoms in total. The van der Waals surface area contributed by atoms with E-state index in [1.54, 1.807) is 0 Å². The summed E-state index contributed by atoms with van der Waals surface area (Å²) >= 11 is 2.92. The zero-order valence-corrected chi connectivity index (χ0v) is 11.0. The van der Waals surface area contributed by atoms with E-state index in [2.05, 4.69) is 15.9 Å². The van der Waals surface area contributed by atoms with Crippen LogP contribution in [0.1, 0.15) is 18.4 Å². The molecule has 6 heteroatoms.